The summed E-state index contributed by atoms with van der Waals surface area (Å²) in [5, 5.41) is 3.15. The maximum atomic E-state index is 11.2. The highest BCUT2D eigenvalue weighted by Crippen LogP contribution is 2.24. The predicted octanol–water partition coefficient (Wildman–Crippen LogP) is 1.44. The van der Waals surface area contributed by atoms with Crippen molar-refractivity contribution < 1.29 is 9.53 Å². The van der Waals surface area contributed by atoms with Gasteiger partial charge in [0.2, 0.25) is 5.91 Å². The van der Waals surface area contributed by atoms with Crippen LogP contribution in [0.5, 0.6) is 0 Å². The first-order chi connectivity index (χ1) is 8.09. The largest absolute Gasteiger partial charge is 0.381 e. The maximum Gasteiger partial charge on any atom is 0.234 e. The average Bonchev–Trinajstić information content (AvgIpc) is 2.74. The Morgan fingerprint density at radius 3 is 2.59 bits per heavy atom. The molecule has 0 heterocycles. The van der Waals surface area contributed by atoms with E-state index in [9.17, 15) is 4.79 Å². The van der Waals surface area contributed by atoms with E-state index in [1.165, 1.54) is 25.7 Å². The summed E-state index contributed by atoms with van der Waals surface area (Å²) in [6.07, 6.45) is 5.94. The van der Waals surface area contributed by atoms with E-state index in [0.717, 1.165) is 12.5 Å². The van der Waals surface area contributed by atoms with Crippen LogP contribution < -0.4 is 11.1 Å². The molecule has 1 rings (SSSR count). The number of hydrogen-bond acceptors (Lipinski definition) is 3. The van der Waals surface area contributed by atoms with Crippen molar-refractivity contribution in [3.05, 3.63) is 0 Å². The molecule has 0 aromatic rings. The van der Waals surface area contributed by atoms with E-state index >= 15 is 0 Å². The smallest absolute Gasteiger partial charge is 0.234 e. The number of ether oxygens (including phenoxy) is 1. The molecule has 17 heavy (non-hydrogen) atoms. The lowest BCUT2D eigenvalue weighted by molar-refractivity contribution is -0.120. The van der Waals surface area contributed by atoms with Crippen molar-refractivity contribution in [3.63, 3.8) is 0 Å². The third-order valence-corrected chi connectivity index (χ3v) is 3.26. The molecule has 0 bridgehead atoms. The Bertz CT molecular complexity index is 225. The molecule has 1 unspecified atom stereocenters. The van der Waals surface area contributed by atoms with Crippen molar-refractivity contribution in [1.82, 2.24) is 5.32 Å². The molecule has 0 spiro atoms. The number of hydrogen-bond donors (Lipinski definition) is 2. The van der Waals surface area contributed by atoms with Gasteiger partial charge >= 0.3 is 0 Å². The summed E-state index contributed by atoms with van der Waals surface area (Å²) in [6.45, 7) is 5.47. The maximum absolute atomic E-state index is 11.2. The van der Waals surface area contributed by atoms with Crippen molar-refractivity contribution in [2.45, 2.75) is 58.0 Å². The number of nitrogens with two attached hydrogens (primary N) is 1. The Hall–Kier alpha value is -0.610. The van der Waals surface area contributed by atoms with Crippen molar-refractivity contribution in [2.24, 2.45) is 11.7 Å². The number of primary amides is 1. The molecule has 1 amide bonds. The minimum absolute atomic E-state index is 0.265. The van der Waals surface area contributed by atoms with Crippen molar-refractivity contribution >= 4 is 5.91 Å². The number of carbonyl (C=O) groups excluding carboxylic acids is 1. The highest BCUT2D eigenvalue weighted by Gasteiger charge is 2.17. The van der Waals surface area contributed by atoms with Crippen LogP contribution in [0.4, 0.5) is 0 Å². The summed E-state index contributed by atoms with van der Waals surface area (Å²) in [5.41, 5.74) is 5.33. The molecular formula is C13H26N2O2. The molecule has 4 heteroatoms. The van der Waals surface area contributed by atoms with E-state index in [0.29, 0.717) is 13.0 Å². The molecule has 0 aromatic carbocycles. The van der Waals surface area contributed by atoms with Crippen LogP contribution in [0.3, 0.4) is 0 Å². The molecule has 1 aliphatic rings. The van der Waals surface area contributed by atoms with Crippen LogP contribution in [0.25, 0.3) is 0 Å². The Morgan fingerprint density at radius 1 is 1.41 bits per heavy atom. The zero-order valence-electron chi connectivity index (χ0n) is 11.1. The van der Waals surface area contributed by atoms with E-state index in [1.807, 2.05) is 13.8 Å². The van der Waals surface area contributed by atoms with Gasteiger partial charge in [0.15, 0.2) is 0 Å². The van der Waals surface area contributed by atoms with E-state index in [-0.39, 0.29) is 18.0 Å². The molecule has 3 N–H and O–H groups in total. The summed E-state index contributed by atoms with van der Waals surface area (Å²) in [7, 11) is 0. The van der Waals surface area contributed by atoms with Gasteiger partial charge in [-0.1, -0.05) is 26.7 Å². The summed E-state index contributed by atoms with van der Waals surface area (Å²) < 4.78 is 5.63. The van der Waals surface area contributed by atoms with Gasteiger partial charge in [0.25, 0.3) is 0 Å². The van der Waals surface area contributed by atoms with Crippen molar-refractivity contribution in [1.29, 1.82) is 0 Å². The standard InChI is InChI=1S/C13H26N2O2/c1-10(2)15-12(13(14)16)7-8-17-9-11-5-3-4-6-11/h10-12,15H,3-9H2,1-2H3,(H2,14,16). The van der Waals surface area contributed by atoms with Gasteiger partial charge in [-0.15, -0.1) is 0 Å². The van der Waals surface area contributed by atoms with E-state index in [2.05, 4.69) is 5.32 Å². The van der Waals surface area contributed by atoms with E-state index in [1.54, 1.807) is 0 Å². The molecule has 0 saturated heterocycles. The van der Waals surface area contributed by atoms with Crippen LogP contribution in [0.15, 0.2) is 0 Å². The van der Waals surface area contributed by atoms with Gasteiger partial charge < -0.3 is 15.8 Å². The third-order valence-electron chi connectivity index (χ3n) is 3.26. The lowest BCUT2D eigenvalue weighted by Gasteiger charge is -2.18. The van der Waals surface area contributed by atoms with Crippen LogP contribution in [-0.2, 0) is 9.53 Å². The van der Waals surface area contributed by atoms with Crippen LogP contribution in [-0.4, -0.2) is 31.2 Å². The van der Waals surface area contributed by atoms with Crippen molar-refractivity contribution in [2.75, 3.05) is 13.2 Å². The second-order valence-electron chi connectivity index (χ2n) is 5.29. The zero-order valence-corrected chi connectivity index (χ0v) is 11.1. The topological polar surface area (TPSA) is 64.3 Å². The lowest BCUT2D eigenvalue weighted by atomic mass is 10.1. The normalized spacial score (nSPS) is 18.8. The van der Waals surface area contributed by atoms with Gasteiger partial charge in [-0.3, -0.25) is 4.79 Å². The van der Waals surface area contributed by atoms with Gasteiger partial charge in [-0.2, -0.15) is 0 Å². The Kier molecular flexibility index (Phi) is 6.52. The highest BCUT2D eigenvalue weighted by atomic mass is 16.5. The summed E-state index contributed by atoms with van der Waals surface area (Å²) in [6, 6.07) is 0.000843. The number of nitrogens with one attached hydrogen (secondary N) is 1. The summed E-state index contributed by atoms with van der Waals surface area (Å²) >= 11 is 0. The molecule has 0 aliphatic heterocycles. The Morgan fingerprint density at radius 2 is 2.06 bits per heavy atom. The molecule has 1 atom stereocenters. The molecule has 1 saturated carbocycles. The summed E-state index contributed by atoms with van der Waals surface area (Å²) in [5.74, 6) is 0.447. The quantitative estimate of drug-likeness (QED) is 0.633. The monoisotopic (exact) mass is 242 g/mol. The molecule has 0 aromatic heterocycles. The number of amides is 1. The van der Waals surface area contributed by atoms with Crippen molar-refractivity contribution in [3.8, 4) is 0 Å². The van der Waals surface area contributed by atoms with Crippen LogP contribution in [0, 0.1) is 5.92 Å². The van der Waals surface area contributed by atoms with Crippen LogP contribution >= 0.6 is 0 Å². The number of rotatable bonds is 8. The first kappa shape index (κ1) is 14.5. The number of carbonyl (C=O) groups is 1. The SMILES string of the molecule is CC(C)NC(CCOCC1CCCC1)C(N)=O. The second-order valence-corrected chi connectivity index (χ2v) is 5.29. The Balaban J connectivity index is 2.11. The summed E-state index contributed by atoms with van der Waals surface area (Å²) in [4.78, 5) is 11.2. The fourth-order valence-corrected chi connectivity index (χ4v) is 2.34. The van der Waals surface area contributed by atoms with E-state index < -0.39 is 0 Å². The molecule has 1 fully saturated rings. The first-order valence-electron chi connectivity index (χ1n) is 6.72. The first-order valence-corrected chi connectivity index (χ1v) is 6.72. The Labute approximate surface area is 104 Å². The minimum Gasteiger partial charge on any atom is -0.381 e. The average molecular weight is 242 g/mol. The fourth-order valence-electron chi connectivity index (χ4n) is 2.34. The van der Waals surface area contributed by atoms with Crippen LogP contribution in [0.1, 0.15) is 46.0 Å². The predicted molar refractivity (Wildman–Crippen MR) is 68.6 cm³/mol. The third kappa shape index (κ3) is 6.03. The molecule has 4 nitrogen and oxygen atoms in total. The van der Waals surface area contributed by atoms with Crippen LogP contribution in [0.2, 0.25) is 0 Å². The lowest BCUT2D eigenvalue weighted by Crippen LogP contribution is -2.45. The zero-order chi connectivity index (χ0) is 12.7. The molecular weight excluding hydrogens is 216 g/mol. The van der Waals surface area contributed by atoms with Gasteiger partial charge in [-0.25, -0.2) is 0 Å². The highest BCUT2D eigenvalue weighted by molar-refractivity contribution is 5.79. The van der Waals surface area contributed by atoms with Gasteiger partial charge in [0.05, 0.1) is 6.04 Å². The fraction of sp³-hybridized carbons (Fsp3) is 0.923. The van der Waals surface area contributed by atoms with Gasteiger partial charge in [0.1, 0.15) is 0 Å². The second kappa shape index (κ2) is 7.67. The van der Waals surface area contributed by atoms with Gasteiger partial charge in [-0.05, 0) is 25.2 Å². The molecule has 0 radical (unpaired) electrons. The van der Waals surface area contributed by atoms with E-state index in [4.69, 9.17) is 10.5 Å². The van der Waals surface area contributed by atoms with Gasteiger partial charge in [0, 0.05) is 19.3 Å². The minimum atomic E-state index is -0.289. The molecule has 1 aliphatic carbocycles. The molecule has 100 valence electrons.